The summed E-state index contributed by atoms with van der Waals surface area (Å²) >= 11 is 3.22. The van der Waals surface area contributed by atoms with E-state index in [0.717, 1.165) is 5.82 Å². The molecule has 0 bridgehead atoms. The van der Waals surface area contributed by atoms with Crippen molar-refractivity contribution in [2.45, 2.75) is 6.54 Å². The molecule has 1 aromatic heterocycles. The van der Waals surface area contributed by atoms with Crippen molar-refractivity contribution in [1.82, 2.24) is 14.9 Å². The molecule has 0 radical (unpaired) electrons. The highest BCUT2D eigenvalue weighted by atomic mass is 79.9. The molecule has 18 heavy (non-hydrogen) atoms. The number of aromatic nitrogens is 2. The van der Waals surface area contributed by atoms with Crippen LogP contribution in [0.4, 0.5) is 4.39 Å². The first-order valence-corrected chi connectivity index (χ1v) is 6.06. The van der Waals surface area contributed by atoms with Gasteiger partial charge in [0.1, 0.15) is 11.6 Å². The van der Waals surface area contributed by atoms with Gasteiger partial charge in [-0.05, 0) is 34.1 Å². The molecule has 6 heteroatoms. The zero-order valence-corrected chi connectivity index (χ0v) is 11.2. The van der Waals surface area contributed by atoms with E-state index in [4.69, 9.17) is 0 Å². The monoisotopic (exact) mass is 311 g/mol. The van der Waals surface area contributed by atoms with E-state index in [1.54, 1.807) is 17.0 Å². The van der Waals surface area contributed by atoms with Gasteiger partial charge >= 0.3 is 0 Å². The van der Waals surface area contributed by atoms with Crippen LogP contribution in [0.2, 0.25) is 0 Å². The van der Waals surface area contributed by atoms with E-state index in [1.165, 1.54) is 18.2 Å². The van der Waals surface area contributed by atoms with Gasteiger partial charge in [-0.1, -0.05) is 0 Å². The first-order chi connectivity index (χ1) is 8.58. The molecule has 1 N–H and O–H groups in total. The quantitative estimate of drug-likeness (QED) is 0.945. The molecule has 0 unspecified atom stereocenters. The standard InChI is InChI=1S/C12H11BrFN3O/c1-17-5-4-15-11(17)7-16-12(18)9-6-8(14)2-3-10(9)13/h2-6H,7H2,1H3,(H,16,18). The van der Waals surface area contributed by atoms with Crippen molar-refractivity contribution >= 4 is 21.8 Å². The SMILES string of the molecule is Cn1ccnc1CNC(=O)c1cc(F)ccc1Br. The van der Waals surface area contributed by atoms with Gasteiger partial charge in [-0.3, -0.25) is 4.79 Å². The number of carbonyl (C=O) groups excluding carboxylic acids is 1. The first-order valence-electron chi connectivity index (χ1n) is 5.27. The summed E-state index contributed by atoms with van der Waals surface area (Å²) in [4.78, 5) is 16.0. The number of benzene rings is 1. The summed E-state index contributed by atoms with van der Waals surface area (Å²) in [6.07, 6.45) is 3.44. The van der Waals surface area contributed by atoms with Crippen LogP contribution in [0.5, 0.6) is 0 Å². The van der Waals surface area contributed by atoms with Crippen molar-refractivity contribution in [3.05, 3.63) is 52.3 Å². The molecule has 0 saturated heterocycles. The molecule has 2 aromatic rings. The normalized spacial score (nSPS) is 10.4. The fourth-order valence-electron chi connectivity index (χ4n) is 1.49. The van der Waals surface area contributed by atoms with Gasteiger partial charge in [-0.15, -0.1) is 0 Å². The van der Waals surface area contributed by atoms with E-state index in [2.05, 4.69) is 26.2 Å². The number of amides is 1. The van der Waals surface area contributed by atoms with Crippen LogP contribution < -0.4 is 5.32 Å². The van der Waals surface area contributed by atoms with Crippen LogP contribution in [0.25, 0.3) is 0 Å². The lowest BCUT2D eigenvalue weighted by Crippen LogP contribution is -2.24. The molecule has 0 fully saturated rings. The maximum absolute atomic E-state index is 13.1. The number of imidazole rings is 1. The Balaban J connectivity index is 2.08. The number of rotatable bonds is 3. The molecule has 0 aliphatic carbocycles. The molecular formula is C12H11BrFN3O. The smallest absolute Gasteiger partial charge is 0.252 e. The van der Waals surface area contributed by atoms with E-state index in [1.807, 2.05) is 7.05 Å². The van der Waals surface area contributed by atoms with E-state index in [-0.39, 0.29) is 11.5 Å². The van der Waals surface area contributed by atoms with Gasteiger partial charge in [0.2, 0.25) is 0 Å². The van der Waals surface area contributed by atoms with Crippen LogP contribution in [0.1, 0.15) is 16.2 Å². The lowest BCUT2D eigenvalue weighted by Gasteiger charge is -2.07. The summed E-state index contributed by atoms with van der Waals surface area (Å²) in [5.74, 6) is -0.0550. The summed E-state index contributed by atoms with van der Waals surface area (Å²) in [6.45, 7) is 0.297. The van der Waals surface area contributed by atoms with E-state index >= 15 is 0 Å². The van der Waals surface area contributed by atoms with Crippen molar-refractivity contribution < 1.29 is 9.18 Å². The average Bonchev–Trinajstić information content (AvgIpc) is 2.75. The molecule has 1 amide bonds. The Morgan fingerprint density at radius 1 is 1.56 bits per heavy atom. The Bertz CT molecular complexity index is 582. The largest absolute Gasteiger partial charge is 0.345 e. The van der Waals surface area contributed by atoms with Crippen molar-refractivity contribution in [2.24, 2.45) is 7.05 Å². The van der Waals surface area contributed by atoms with Crippen molar-refractivity contribution in [3.8, 4) is 0 Å². The van der Waals surface area contributed by atoms with Crippen LogP contribution in [0, 0.1) is 5.82 Å². The van der Waals surface area contributed by atoms with Crippen molar-refractivity contribution in [1.29, 1.82) is 0 Å². The maximum Gasteiger partial charge on any atom is 0.252 e. The Morgan fingerprint density at radius 2 is 2.33 bits per heavy atom. The maximum atomic E-state index is 13.1. The second-order valence-electron chi connectivity index (χ2n) is 3.76. The zero-order valence-electron chi connectivity index (χ0n) is 9.65. The van der Waals surface area contributed by atoms with Gasteiger partial charge < -0.3 is 9.88 Å². The van der Waals surface area contributed by atoms with Gasteiger partial charge in [-0.2, -0.15) is 0 Å². The summed E-state index contributed by atoms with van der Waals surface area (Å²) in [6, 6.07) is 3.99. The fraction of sp³-hybridized carbons (Fsp3) is 0.167. The fourth-order valence-corrected chi connectivity index (χ4v) is 1.92. The van der Waals surface area contributed by atoms with Crippen LogP contribution in [-0.4, -0.2) is 15.5 Å². The molecule has 0 aliphatic heterocycles. The number of aryl methyl sites for hydroxylation is 1. The van der Waals surface area contributed by atoms with Crippen LogP contribution >= 0.6 is 15.9 Å². The molecule has 0 atom stereocenters. The third kappa shape index (κ3) is 2.76. The first kappa shape index (κ1) is 12.8. The Kier molecular flexibility index (Phi) is 3.76. The molecule has 94 valence electrons. The van der Waals surface area contributed by atoms with Gasteiger partial charge in [0, 0.05) is 23.9 Å². The minimum atomic E-state index is -0.444. The second kappa shape index (κ2) is 5.30. The third-order valence-corrected chi connectivity index (χ3v) is 3.19. The van der Waals surface area contributed by atoms with E-state index in [0.29, 0.717) is 11.0 Å². The number of hydrogen-bond acceptors (Lipinski definition) is 2. The highest BCUT2D eigenvalue weighted by Crippen LogP contribution is 2.17. The van der Waals surface area contributed by atoms with Crippen LogP contribution in [0.3, 0.4) is 0 Å². The van der Waals surface area contributed by atoms with E-state index in [9.17, 15) is 9.18 Å². The lowest BCUT2D eigenvalue weighted by molar-refractivity contribution is 0.0948. The molecule has 0 spiro atoms. The Hall–Kier alpha value is -1.69. The van der Waals surface area contributed by atoms with Gasteiger partial charge in [0.05, 0.1) is 12.1 Å². The zero-order chi connectivity index (χ0) is 13.1. The van der Waals surface area contributed by atoms with Crippen molar-refractivity contribution in [2.75, 3.05) is 0 Å². The minimum absolute atomic E-state index is 0.268. The molecule has 0 aliphatic rings. The predicted molar refractivity (Wildman–Crippen MR) is 68.5 cm³/mol. The van der Waals surface area contributed by atoms with Gasteiger partial charge in [0.25, 0.3) is 5.91 Å². The molecule has 2 rings (SSSR count). The molecule has 1 heterocycles. The van der Waals surface area contributed by atoms with E-state index < -0.39 is 5.82 Å². The minimum Gasteiger partial charge on any atom is -0.345 e. The molecular weight excluding hydrogens is 301 g/mol. The summed E-state index contributed by atoms with van der Waals surface area (Å²) < 4.78 is 15.4. The predicted octanol–water partition coefficient (Wildman–Crippen LogP) is 2.25. The lowest BCUT2D eigenvalue weighted by atomic mass is 10.2. The topological polar surface area (TPSA) is 46.9 Å². The van der Waals surface area contributed by atoms with Crippen LogP contribution in [0.15, 0.2) is 35.1 Å². The second-order valence-corrected chi connectivity index (χ2v) is 4.62. The Morgan fingerprint density at radius 3 is 3.00 bits per heavy atom. The molecule has 0 saturated carbocycles. The number of nitrogens with zero attached hydrogens (tertiary/aromatic N) is 2. The van der Waals surface area contributed by atoms with Crippen molar-refractivity contribution in [3.63, 3.8) is 0 Å². The number of carbonyl (C=O) groups is 1. The molecule has 1 aromatic carbocycles. The number of hydrogen-bond donors (Lipinski definition) is 1. The highest BCUT2D eigenvalue weighted by molar-refractivity contribution is 9.10. The summed E-state index contributed by atoms with van der Waals surface area (Å²) in [5.41, 5.74) is 0.268. The number of nitrogens with one attached hydrogen (secondary N) is 1. The van der Waals surface area contributed by atoms with Gasteiger partial charge in [-0.25, -0.2) is 9.37 Å². The summed E-state index contributed by atoms with van der Waals surface area (Å²) in [5, 5.41) is 2.69. The number of halogens is 2. The Labute approximate surface area is 112 Å². The average molecular weight is 312 g/mol. The van der Waals surface area contributed by atoms with Crippen LogP contribution in [-0.2, 0) is 13.6 Å². The third-order valence-electron chi connectivity index (χ3n) is 2.50. The highest BCUT2D eigenvalue weighted by Gasteiger charge is 2.11. The van der Waals surface area contributed by atoms with Gasteiger partial charge in [0.15, 0.2) is 0 Å². The summed E-state index contributed by atoms with van der Waals surface area (Å²) in [7, 11) is 1.84. The molecule has 4 nitrogen and oxygen atoms in total.